The minimum absolute atomic E-state index is 0.0191. The quantitative estimate of drug-likeness (QED) is 0.358. The summed E-state index contributed by atoms with van der Waals surface area (Å²) in [7, 11) is -3.54. The van der Waals surface area contributed by atoms with Crippen LogP contribution in [-0.2, 0) is 16.6 Å². The second kappa shape index (κ2) is 10.3. The molecular formula is C25H25BrN6O2S. The Bertz CT molecular complexity index is 1440. The number of benzene rings is 1. The van der Waals surface area contributed by atoms with Crippen molar-refractivity contribution in [2.45, 2.75) is 25.3 Å². The average molecular weight is 553 g/mol. The molecule has 4 aromatic rings. The van der Waals surface area contributed by atoms with E-state index in [0.29, 0.717) is 25.3 Å². The Morgan fingerprint density at radius 3 is 2.80 bits per heavy atom. The van der Waals surface area contributed by atoms with Gasteiger partial charge in [-0.15, -0.1) is 0 Å². The van der Waals surface area contributed by atoms with Crippen LogP contribution in [0.25, 0.3) is 11.7 Å². The van der Waals surface area contributed by atoms with Crippen LogP contribution in [0.2, 0.25) is 0 Å². The van der Waals surface area contributed by atoms with Crippen molar-refractivity contribution in [3.8, 4) is 0 Å². The van der Waals surface area contributed by atoms with E-state index in [2.05, 4.69) is 31.3 Å². The third-order valence-electron chi connectivity index (χ3n) is 6.04. The van der Waals surface area contributed by atoms with Crippen LogP contribution in [0.5, 0.6) is 0 Å². The van der Waals surface area contributed by atoms with Crippen LogP contribution in [0.1, 0.15) is 35.6 Å². The molecule has 1 aliphatic heterocycles. The van der Waals surface area contributed by atoms with Crippen molar-refractivity contribution >= 4 is 43.5 Å². The minimum Gasteiger partial charge on any atom is -0.366 e. The zero-order chi connectivity index (χ0) is 24.3. The van der Waals surface area contributed by atoms with Crippen LogP contribution in [0.3, 0.4) is 0 Å². The summed E-state index contributed by atoms with van der Waals surface area (Å²) in [5, 5.41) is 9.17. The Morgan fingerprint density at radius 1 is 1.14 bits per heavy atom. The molecule has 0 radical (unpaired) electrons. The van der Waals surface area contributed by atoms with E-state index in [0.717, 1.165) is 40.0 Å². The number of rotatable bonds is 7. The highest BCUT2D eigenvalue weighted by Crippen LogP contribution is 2.31. The number of nitrogens with one attached hydrogen (secondary N) is 1. The molecule has 0 spiro atoms. The van der Waals surface area contributed by atoms with E-state index in [9.17, 15) is 8.42 Å². The molecule has 1 N–H and O–H groups in total. The predicted octanol–water partition coefficient (Wildman–Crippen LogP) is 4.68. The number of sulfonamides is 1. The first-order valence-corrected chi connectivity index (χ1v) is 13.7. The summed E-state index contributed by atoms with van der Waals surface area (Å²) in [6, 6.07) is 15.3. The van der Waals surface area contributed by atoms with E-state index in [1.165, 1.54) is 5.41 Å². The van der Waals surface area contributed by atoms with Gasteiger partial charge in [0.05, 0.1) is 16.4 Å². The number of nitrogens with zero attached hydrogens (tertiary/aromatic N) is 5. The van der Waals surface area contributed by atoms with Gasteiger partial charge >= 0.3 is 0 Å². The molecule has 3 aromatic heterocycles. The summed E-state index contributed by atoms with van der Waals surface area (Å²) in [4.78, 5) is 9.02. The van der Waals surface area contributed by atoms with E-state index in [1.807, 2.05) is 54.7 Å². The highest BCUT2D eigenvalue weighted by atomic mass is 79.9. The van der Waals surface area contributed by atoms with E-state index < -0.39 is 10.0 Å². The van der Waals surface area contributed by atoms with Gasteiger partial charge in [-0.05, 0) is 52.0 Å². The van der Waals surface area contributed by atoms with Crippen LogP contribution in [-0.4, -0.2) is 45.4 Å². The fourth-order valence-electron chi connectivity index (χ4n) is 4.21. The molecule has 1 aromatic carbocycles. The lowest BCUT2D eigenvalue weighted by Gasteiger charge is -2.31. The van der Waals surface area contributed by atoms with Crippen LogP contribution < -0.4 is 5.32 Å². The second-order valence-corrected chi connectivity index (χ2v) is 11.1. The third kappa shape index (κ3) is 5.44. The van der Waals surface area contributed by atoms with Gasteiger partial charge in [0, 0.05) is 49.4 Å². The number of pyridine rings is 1. The van der Waals surface area contributed by atoms with Crippen molar-refractivity contribution in [3.63, 3.8) is 0 Å². The summed E-state index contributed by atoms with van der Waals surface area (Å²) in [5.74, 6) is 0.776. The van der Waals surface area contributed by atoms with E-state index >= 15 is 0 Å². The Hall–Kier alpha value is -3.08. The second-order valence-electron chi connectivity index (χ2n) is 8.46. The largest absolute Gasteiger partial charge is 0.366 e. The van der Waals surface area contributed by atoms with Crippen LogP contribution in [0, 0.1) is 0 Å². The molecule has 1 atom stereocenters. The van der Waals surface area contributed by atoms with Gasteiger partial charge in [-0.1, -0.05) is 36.4 Å². The predicted molar refractivity (Wildman–Crippen MR) is 140 cm³/mol. The molecule has 0 saturated carbocycles. The van der Waals surface area contributed by atoms with Crippen molar-refractivity contribution < 1.29 is 8.42 Å². The molecule has 1 unspecified atom stereocenters. The van der Waals surface area contributed by atoms with Crippen LogP contribution >= 0.6 is 15.9 Å². The first kappa shape index (κ1) is 23.7. The van der Waals surface area contributed by atoms with Crippen molar-refractivity contribution in [3.05, 3.63) is 93.8 Å². The minimum atomic E-state index is -3.54. The highest BCUT2D eigenvalue weighted by molar-refractivity contribution is 9.10. The Kier molecular flexibility index (Phi) is 6.94. The maximum Gasteiger partial charge on any atom is 0.236 e. The molecule has 0 bridgehead atoms. The van der Waals surface area contributed by atoms with Gasteiger partial charge in [0.2, 0.25) is 10.0 Å². The van der Waals surface area contributed by atoms with E-state index in [4.69, 9.17) is 4.98 Å². The molecule has 4 heterocycles. The van der Waals surface area contributed by atoms with Gasteiger partial charge in [0.1, 0.15) is 5.82 Å². The lowest BCUT2D eigenvalue weighted by Crippen LogP contribution is -2.38. The van der Waals surface area contributed by atoms with Crippen LogP contribution in [0.15, 0.2) is 77.0 Å². The Morgan fingerprint density at radius 2 is 2.00 bits per heavy atom. The third-order valence-corrected chi connectivity index (χ3v) is 8.13. The normalized spacial score (nSPS) is 17.2. The first-order valence-electron chi connectivity index (χ1n) is 11.4. The maximum atomic E-state index is 13.1. The van der Waals surface area contributed by atoms with Gasteiger partial charge in [0.25, 0.3) is 0 Å². The summed E-state index contributed by atoms with van der Waals surface area (Å²) >= 11 is 3.54. The molecule has 0 aliphatic carbocycles. The number of halogens is 1. The smallest absolute Gasteiger partial charge is 0.236 e. The molecule has 35 heavy (non-hydrogen) atoms. The fraction of sp³-hybridized carbons (Fsp3) is 0.240. The van der Waals surface area contributed by atoms with Crippen molar-refractivity contribution in [1.82, 2.24) is 23.9 Å². The van der Waals surface area contributed by atoms with E-state index in [-0.39, 0.29) is 5.92 Å². The molecule has 180 valence electrons. The zero-order valence-corrected chi connectivity index (χ0v) is 21.4. The average Bonchev–Trinajstić information content (AvgIpc) is 3.28. The molecule has 1 aliphatic rings. The topological polar surface area (TPSA) is 92.5 Å². The molecule has 5 rings (SSSR count). The van der Waals surface area contributed by atoms with Crippen molar-refractivity contribution in [2.75, 3.05) is 18.4 Å². The maximum absolute atomic E-state index is 13.1. The standard InChI is InChI=1S/C25H25BrN6O2S/c26-22-17-29-32-24(28-16-20-8-4-11-27-15-20)14-23(30-25(22)32)21-9-5-12-31(18-21)35(33,34)13-10-19-6-2-1-3-7-19/h1-4,6-8,10-11,13-15,17,21,28H,5,9,12,16,18H2. The number of fused-ring (bicyclic) bond motifs is 1. The van der Waals surface area contributed by atoms with Gasteiger partial charge < -0.3 is 5.32 Å². The monoisotopic (exact) mass is 552 g/mol. The summed E-state index contributed by atoms with van der Waals surface area (Å²) in [6.45, 7) is 1.47. The molecular weight excluding hydrogens is 528 g/mol. The van der Waals surface area contributed by atoms with Crippen LogP contribution in [0.4, 0.5) is 5.82 Å². The van der Waals surface area contributed by atoms with Gasteiger partial charge in [-0.3, -0.25) is 4.98 Å². The number of aromatic nitrogens is 4. The Balaban J connectivity index is 1.39. The first-order chi connectivity index (χ1) is 17.0. The molecule has 1 fully saturated rings. The van der Waals surface area contributed by atoms with Crippen molar-refractivity contribution in [2.24, 2.45) is 0 Å². The zero-order valence-electron chi connectivity index (χ0n) is 19.0. The molecule has 1 saturated heterocycles. The number of hydrogen-bond donors (Lipinski definition) is 1. The number of piperidine rings is 1. The fourth-order valence-corrected chi connectivity index (χ4v) is 5.84. The van der Waals surface area contributed by atoms with E-state index in [1.54, 1.807) is 27.3 Å². The molecule has 10 heteroatoms. The molecule has 0 amide bonds. The lowest BCUT2D eigenvalue weighted by molar-refractivity contribution is 0.316. The Labute approximate surface area is 212 Å². The van der Waals surface area contributed by atoms with Gasteiger partial charge in [-0.25, -0.2) is 13.4 Å². The summed E-state index contributed by atoms with van der Waals surface area (Å²) < 4.78 is 30.2. The van der Waals surface area contributed by atoms with Gasteiger partial charge in [-0.2, -0.15) is 13.9 Å². The van der Waals surface area contributed by atoms with Gasteiger partial charge in [0.15, 0.2) is 5.65 Å². The van der Waals surface area contributed by atoms with Crippen molar-refractivity contribution in [1.29, 1.82) is 0 Å². The summed E-state index contributed by atoms with van der Waals surface area (Å²) in [5.41, 5.74) is 3.44. The highest BCUT2D eigenvalue weighted by Gasteiger charge is 2.29. The summed E-state index contributed by atoms with van der Waals surface area (Å²) in [6.07, 6.45) is 8.56. The SMILES string of the molecule is O=S(=O)(C=Cc1ccccc1)N1CCCC(c2cc(NCc3cccnc3)n3ncc(Br)c3n2)C1. The number of hydrogen-bond acceptors (Lipinski definition) is 6. The molecule has 8 nitrogen and oxygen atoms in total. The number of anilines is 1. The lowest BCUT2D eigenvalue weighted by atomic mass is 9.96.